The Balaban J connectivity index is 1.96. The zero-order chi connectivity index (χ0) is 18.5. The van der Waals surface area contributed by atoms with Crippen molar-refractivity contribution in [3.8, 4) is 17.1 Å². The van der Waals surface area contributed by atoms with Gasteiger partial charge in [-0.05, 0) is 31.2 Å². The Bertz CT molecular complexity index is 1080. The summed E-state index contributed by atoms with van der Waals surface area (Å²) in [5.41, 5.74) is 5.26. The van der Waals surface area contributed by atoms with E-state index in [9.17, 15) is 4.39 Å². The number of benzene rings is 2. The van der Waals surface area contributed by atoms with Crippen molar-refractivity contribution in [2.75, 3.05) is 0 Å². The van der Waals surface area contributed by atoms with Crippen LogP contribution in [0.25, 0.3) is 28.2 Å². The van der Waals surface area contributed by atoms with Gasteiger partial charge >= 0.3 is 0 Å². The number of nitrogens with zero attached hydrogens (tertiary/aromatic N) is 3. The summed E-state index contributed by atoms with van der Waals surface area (Å²) in [6.45, 7) is 8.40. The largest absolute Gasteiger partial charge is 0.322 e. The third kappa shape index (κ3) is 2.79. The SMILES string of the molecule is Cc1ccc(-n2nc(C(C)(C)C)c3nc(-c4cccc(F)c4)[nH]c32)cc1. The van der Waals surface area contributed by atoms with Crippen LogP contribution in [0.2, 0.25) is 0 Å². The fraction of sp³-hybridized carbons (Fsp3) is 0.238. The molecule has 0 radical (unpaired) electrons. The summed E-state index contributed by atoms with van der Waals surface area (Å²) >= 11 is 0. The van der Waals surface area contributed by atoms with Gasteiger partial charge in [0.05, 0.1) is 11.4 Å². The van der Waals surface area contributed by atoms with Gasteiger partial charge in [0.15, 0.2) is 5.65 Å². The maximum absolute atomic E-state index is 13.6. The van der Waals surface area contributed by atoms with Crippen LogP contribution in [0.5, 0.6) is 0 Å². The highest BCUT2D eigenvalue weighted by Gasteiger charge is 2.26. The van der Waals surface area contributed by atoms with Crippen molar-refractivity contribution >= 4 is 11.2 Å². The fourth-order valence-corrected chi connectivity index (χ4v) is 3.03. The van der Waals surface area contributed by atoms with Crippen LogP contribution < -0.4 is 0 Å². The van der Waals surface area contributed by atoms with Gasteiger partial charge in [0.25, 0.3) is 0 Å². The van der Waals surface area contributed by atoms with Crippen molar-refractivity contribution in [2.45, 2.75) is 33.1 Å². The van der Waals surface area contributed by atoms with Crippen molar-refractivity contribution in [3.05, 3.63) is 65.6 Å². The van der Waals surface area contributed by atoms with E-state index >= 15 is 0 Å². The molecule has 2 aromatic heterocycles. The second-order valence-corrected chi connectivity index (χ2v) is 7.64. The fourth-order valence-electron chi connectivity index (χ4n) is 3.03. The van der Waals surface area contributed by atoms with E-state index in [2.05, 4.69) is 44.8 Å². The van der Waals surface area contributed by atoms with Crippen LogP contribution >= 0.6 is 0 Å². The molecule has 0 amide bonds. The molecule has 4 aromatic rings. The second-order valence-electron chi connectivity index (χ2n) is 7.64. The number of aromatic amines is 1. The molecule has 0 aliphatic rings. The average molecular weight is 348 g/mol. The van der Waals surface area contributed by atoms with Crippen molar-refractivity contribution in [3.63, 3.8) is 0 Å². The number of aromatic nitrogens is 4. The molecule has 0 saturated heterocycles. The van der Waals surface area contributed by atoms with Gasteiger partial charge in [0, 0.05) is 11.0 Å². The summed E-state index contributed by atoms with van der Waals surface area (Å²) in [6, 6.07) is 14.6. The Kier molecular flexibility index (Phi) is 3.68. The van der Waals surface area contributed by atoms with Crippen LogP contribution in [0, 0.1) is 12.7 Å². The van der Waals surface area contributed by atoms with Gasteiger partial charge in [0.1, 0.15) is 17.2 Å². The molecule has 0 bridgehead atoms. The van der Waals surface area contributed by atoms with E-state index in [0.717, 1.165) is 28.1 Å². The van der Waals surface area contributed by atoms with Crippen molar-refractivity contribution in [1.29, 1.82) is 0 Å². The molecule has 0 saturated carbocycles. The molecule has 5 heteroatoms. The molecule has 2 aromatic carbocycles. The highest BCUT2D eigenvalue weighted by molar-refractivity contribution is 5.81. The maximum atomic E-state index is 13.6. The highest BCUT2D eigenvalue weighted by atomic mass is 19.1. The average Bonchev–Trinajstić information content (AvgIpc) is 3.14. The molecule has 0 spiro atoms. The molecule has 0 fully saturated rings. The molecule has 0 unspecified atom stereocenters. The minimum Gasteiger partial charge on any atom is -0.322 e. The quantitative estimate of drug-likeness (QED) is 0.544. The summed E-state index contributed by atoms with van der Waals surface area (Å²) in [7, 11) is 0. The summed E-state index contributed by atoms with van der Waals surface area (Å²) in [6.07, 6.45) is 0. The van der Waals surface area contributed by atoms with E-state index in [-0.39, 0.29) is 11.2 Å². The van der Waals surface area contributed by atoms with E-state index < -0.39 is 0 Å². The molecule has 0 aliphatic carbocycles. The maximum Gasteiger partial charge on any atom is 0.161 e. The van der Waals surface area contributed by atoms with Gasteiger partial charge in [-0.15, -0.1) is 0 Å². The number of hydrogen-bond acceptors (Lipinski definition) is 2. The molecule has 4 rings (SSSR count). The first-order valence-corrected chi connectivity index (χ1v) is 8.65. The zero-order valence-electron chi connectivity index (χ0n) is 15.3. The van der Waals surface area contributed by atoms with E-state index in [4.69, 9.17) is 10.1 Å². The van der Waals surface area contributed by atoms with Crippen LogP contribution in [-0.4, -0.2) is 19.7 Å². The van der Waals surface area contributed by atoms with Crippen LogP contribution in [-0.2, 0) is 5.41 Å². The predicted molar refractivity (Wildman–Crippen MR) is 102 cm³/mol. The molecule has 2 heterocycles. The number of hydrogen-bond donors (Lipinski definition) is 1. The lowest BCUT2D eigenvalue weighted by Crippen LogP contribution is -2.13. The lowest BCUT2D eigenvalue weighted by molar-refractivity contribution is 0.563. The van der Waals surface area contributed by atoms with Crippen molar-refractivity contribution in [1.82, 2.24) is 19.7 Å². The third-order valence-electron chi connectivity index (χ3n) is 4.41. The van der Waals surface area contributed by atoms with Gasteiger partial charge in [-0.3, -0.25) is 0 Å². The first-order chi connectivity index (χ1) is 12.3. The second kappa shape index (κ2) is 5.80. The summed E-state index contributed by atoms with van der Waals surface area (Å²) in [5.74, 6) is 0.363. The standard InChI is InChI=1S/C21H21FN4/c1-13-8-10-16(11-9-13)26-20-17(18(25-26)21(2,3)4)23-19(24-20)14-6-5-7-15(22)12-14/h5-12H,1-4H3,(H,23,24). The molecule has 1 N–H and O–H groups in total. The number of nitrogens with one attached hydrogen (secondary N) is 1. The Morgan fingerprint density at radius 3 is 2.42 bits per heavy atom. The number of halogens is 1. The normalized spacial score (nSPS) is 12.0. The van der Waals surface area contributed by atoms with E-state index in [1.54, 1.807) is 6.07 Å². The van der Waals surface area contributed by atoms with Crippen LogP contribution in [0.1, 0.15) is 32.0 Å². The Hall–Kier alpha value is -2.95. The van der Waals surface area contributed by atoms with E-state index in [1.165, 1.54) is 17.7 Å². The lowest BCUT2D eigenvalue weighted by Gasteiger charge is -2.14. The van der Waals surface area contributed by atoms with Gasteiger partial charge < -0.3 is 4.98 Å². The first kappa shape index (κ1) is 16.5. The van der Waals surface area contributed by atoms with Gasteiger partial charge in [-0.1, -0.05) is 50.6 Å². The number of imidazole rings is 1. The zero-order valence-corrected chi connectivity index (χ0v) is 15.3. The summed E-state index contributed by atoms with van der Waals surface area (Å²) in [4.78, 5) is 8.08. The van der Waals surface area contributed by atoms with E-state index in [0.29, 0.717) is 5.82 Å². The van der Waals surface area contributed by atoms with E-state index in [1.807, 2.05) is 22.9 Å². The third-order valence-corrected chi connectivity index (χ3v) is 4.41. The molecule has 0 atom stereocenters. The van der Waals surface area contributed by atoms with Crippen LogP contribution in [0.15, 0.2) is 48.5 Å². The smallest absolute Gasteiger partial charge is 0.161 e. The molecular weight excluding hydrogens is 327 g/mol. The molecule has 4 nitrogen and oxygen atoms in total. The van der Waals surface area contributed by atoms with Crippen LogP contribution in [0.3, 0.4) is 0 Å². The highest BCUT2D eigenvalue weighted by Crippen LogP contribution is 2.31. The predicted octanol–water partition coefficient (Wildman–Crippen LogP) is 5.16. The molecule has 132 valence electrons. The minimum atomic E-state index is -0.279. The Labute approximate surface area is 151 Å². The lowest BCUT2D eigenvalue weighted by atomic mass is 9.92. The van der Waals surface area contributed by atoms with Crippen molar-refractivity contribution in [2.24, 2.45) is 0 Å². The minimum absolute atomic E-state index is 0.164. The summed E-state index contributed by atoms with van der Waals surface area (Å²) < 4.78 is 15.5. The topological polar surface area (TPSA) is 46.5 Å². The van der Waals surface area contributed by atoms with Gasteiger partial charge in [-0.2, -0.15) is 5.10 Å². The number of rotatable bonds is 2. The number of aryl methyl sites for hydroxylation is 1. The van der Waals surface area contributed by atoms with Gasteiger partial charge in [0.2, 0.25) is 0 Å². The van der Waals surface area contributed by atoms with Crippen molar-refractivity contribution < 1.29 is 4.39 Å². The Morgan fingerprint density at radius 1 is 1.04 bits per heavy atom. The van der Waals surface area contributed by atoms with Gasteiger partial charge in [-0.25, -0.2) is 14.1 Å². The van der Waals surface area contributed by atoms with Crippen LogP contribution in [0.4, 0.5) is 4.39 Å². The first-order valence-electron chi connectivity index (χ1n) is 8.65. The summed E-state index contributed by atoms with van der Waals surface area (Å²) in [5, 5.41) is 4.82. The number of H-pyrrole nitrogens is 1. The molecular formula is C21H21FN4. The monoisotopic (exact) mass is 348 g/mol. The Morgan fingerprint density at radius 2 is 1.77 bits per heavy atom. The molecule has 0 aliphatic heterocycles. The molecule has 26 heavy (non-hydrogen) atoms. The number of fused-ring (bicyclic) bond motifs is 1.